The van der Waals surface area contributed by atoms with Crippen molar-refractivity contribution in [3.63, 3.8) is 0 Å². The van der Waals surface area contributed by atoms with Crippen LogP contribution in [0.1, 0.15) is 22.7 Å². The number of hydrogen-bond acceptors (Lipinski definition) is 4. The van der Waals surface area contributed by atoms with E-state index in [-0.39, 0.29) is 44.5 Å². The van der Waals surface area contributed by atoms with Crippen molar-refractivity contribution in [1.82, 2.24) is 25.1 Å². The van der Waals surface area contributed by atoms with Crippen LogP contribution < -0.4 is 5.32 Å². The first-order valence-electron chi connectivity index (χ1n) is 12.8. The molecule has 0 bridgehead atoms. The minimum absolute atomic E-state index is 0.0435. The number of terminal acetylenes is 1. The fourth-order valence-corrected chi connectivity index (χ4v) is 5.61. The first kappa shape index (κ1) is 27.5. The number of hydrazine groups is 1. The highest BCUT2D eigenvalue weighted by Gasteiger charge is 2.51. The standard InChI is InChI=1S/C30H27Cl2N5O3/c1-2-15-35-20-27(38)36-26(37(35)30(40)33-17-21-9-5-3-6-10-21)19-34(18-23-13-14-24(31)16-25(23)32)29(39)28(36)22-11-7-4-8-12-22/h1,3-14,16,26,28H,15,17-20H2,(H,33,40)/t26-,28-/m0/s1. The molecule has 40 heavy (non-hydrogen) atoms. The second-order valence-electron chi connectivity index (χ2n) is 9.57. The molecule has 0 aliphatic carbocycles. The largest absolute Gasteiger partial charge is 0.334 e. The number of rotatable bonds is 6. The monoisotopic (exact) mass is 575 g/mol. The molecule has 3 aromatic carbocycles. The maximum Gasteiger partial charge on any atom is 0.334 e. The number of urea groups is 1. The Hall–Kier alpha value is -4.03. The van der Waals surface area contributed by atoms with Gasteiger partial charge in [0.2, 0.25) is 5.91 Å². The molecule has 0 radical (unpaired) electrons. The number of piperazine rings is 1. The Balaban J connectivity index is 1.52. The van der Waals surface area contributed by atoms with Gasteiger partial charge in [-0.1, -0.05) is 95.9 Å². The normalized spacial score (nSPS) is 19.3. The fourth-order valence-electron chi connectivity index (χ4n) is 5.14. The number of carbonyl (C=O) groups is 3. The van der Waals surface area contributed by atoms with E-state index in [1.54, 1.807) is 40.2 Å². The molecule has 2 saturated heterocycles. The van der Waals surface area contributed by atoms with Gasteiger partial charge in [0.15, 0.2) is 0 Å². The van der Waals surface area contributed by atoms with Crippen molar-refractivity contribution in [3.8, 4) is 12.3 Å². The maximum atomic E-state index is 14.0. The highest BCUT2D eigenvalue weighted by atomic mass is 35.5. The molecular formula is C30H27Cl2N5O3. The van der Waals surface area contributed by atoms with Crippen LogP contribution in [0.5, 0.6) is 0 Å². The minimum Gasteiger partial charge on any atom is -0.333 e. The Morgan fingerprint density at radius 1 is 1.00 bits per heavy atom. The molecular weight excluding hydrogens is 549 g/mol. The van der Waals surface area contributed by atoms with Crippen LogP contribution in [0.15, 0.2) is 78.9 Å². The van der Waals surface area contributed by atoms with Crippen molar-refractivity contribution < 1.29 is 14.4 Å². The van der Waals surface area contributed by atoms with E-state index in [1.165, 1.54) is 9.91 Å². The number of carbonyl (C=O) groups excluding carboxylic acids is 3. The van der Waals surface area contributed by atoms with Crippen LogP contribution in [-0.2, 0) is 22.7 Å². The van der Waals surface area contributed by atoms with E-state index in [0.29, 0.717) is 21.2 Å². The fraction of sp³-hybridized carbons (Fsp3) is 0.233. The highest BCUT2D eigenvalue weighted by molar-refractivity contribution is 6.35. The summed E-state index contributed by atoms with van der Waals surface area (Å²) in [4.78, 5) is 44.5. The molecule has 0 spiro atoms. The Labute approximate surface area is 243 Å². The zero-order valence-corrected chi connectivity index (χ0v) is 23.1. The minimum atomic E-state index is -0.934. The molecule has 2 atom stereocenters. The van der Waals surface area contributed by atoms with E-state index in [1.807, 2.05) is 48.5 Å². The van der Waals surface area contributed by atoms with Crippen molar-refractivity contribution in [1.29, 1.82) is 0 Å². The number of amides is 4. The van der Waals surface area contributed by atoms with Crippen LogP contribution in [0, 0.1) is 12.3 Å². The Kier molecular flexibility index (Phi) is 8.27. The summed E-state index contributed by atoms with van der Waals surface area (Å²) < 4.78 is 0. The van der Waals surface area contributed by atoms with Crippen molar-refractivity contribution in [2.75, 3.05) is 19.6 Å². The Bertz CT molecular complexity index is 1450. The van der Waals surface area contributed by atoms with Crippen LogP contribution in [0.4, 0.5) is 4.79 Å². The molecule has 5 rings (SSSR count). The first-order chi connectivity index (χ1) is 19.4. The summed E-state index contributed by atoms with van der Waals surface area (Å²) in [6.07, 6.45) is 4.83. The smallest absolute Gasteiger partial charge is 0.333 e. The molecule has 2 fully saturated rings. The molecule has 8 nitrogen and oxygen atoms in total. The van der Waals surface area contributed by atoms with E-state index in [0.717, 1.165) is 5.56 Å². The van der Waals surface area contributed by atoms with E-state index in [2.05, 4.69) is 11.2 Å². The van der Waals surface area contributed by atoms with Gasteiger partial charge >= 0.3 is 6.03 Å². The van der Waals surface area contributed by atoms with Gasteiger partial charge in [-0.05, 0) is 28.8 Å². The lowest BCUT2D eigenvalue weighted by molar-refractivity contribution is -0.190. The number of fused-ring (bicyclic) bond motifs is 1. The molecule has 0 unspecified atom stereocenters. The molecule has 10 heteroatoms. The van der Waals surface area contributed by atoms with Crippen molar-refractivity contribution in [3.05, 3.63) is 106 Å². The molecule has 0 saturated carbocycles. The van der Waals surface area contributed by atoms with E-state index in [9.17, 15) is 14.4 Å². The topological polar surface area (TPSA) is 76.2 Å². The van der Waals surface area contributed by atoms with E-state index in [4.69, 9.17) is 29.6 Å². The second-order valence-corrected chi connectivity index (χ2v) is 10.4. The second kappa shape index (κ2) is 12.0. The molecule has 1 N–H and O–H groups in total. The molecule has 2 heterocycles. The van der Waals surface area contributed by atoms with Gasteiger partial charge in [-0.25, -0.2) is 9.80 Å². The summed E-state index contributed by atoms with van der Waals surface area (Å²) in [6, 6.07) is 22.3. The zero-order valence-electron chi connectivity index (χ0n) is 21.5. The van der Waals surface area contributed by atoms with E-state index >= 15 is 0 Å². The molecule has 3 aromatic rings. The lowest BCUT2D eigenvalue weighted by atomic mass is 9.98. The summed E-state index contributed by atoms with van der Waals surface area (Å²) >= 11 is 12.6. The summed E-state index contributed by atoms with van der Waals surface area (Å²) in [6.45, 7) is 0.421. The van der Waals surface area contributed by atoms with Crippen LogP contribution in [0.2, 0.25) is 10.0 Å². The third-order valence-corrected chi connectivity index (χ3v) is 7.57. The number of benzene rings is 3. The lowest BCUT2D eigenvalue weighted by Crippen LogP contribution is -2.74. The predicted molar refractivity (Wildman–Crippen MR) is 153 cm³/mol. The van der Waals surface area contributed by atoms with Gasteiger partial charge in [0.05, 0.1) is 19.6 Å². The van der Waals surface area contributed by atoms with Gasteiger partial charge in [0.1, 0.15) is 12.2 Å². The van der Waals surface area contributed by atoms with Crippen molar-refractivity contribution >= 4 is 41.0 Å². The van der Waals surface area contributed by atoms with Gasteiger partial charge in [-0.2, -0.15) is 5.01 Å². The molecule has 204 valence electrons. The summed E-state index contributed by atoms with van der Waals surface area (Å²) in [5, 5.41) is 6.88. The third kappa shape index (κ3) is 5.63. The average Bonchev–Trinajstić information content (AvgIpc) is 2.95. The van der Waals surface area contributed by atoms with Crippen LogP contribution in [0.3, 0.4) is 0 Å². The number of hydrogen-bond donors (Lipinski definition) is 1. The molecule has 4 amide bonds. The van der Waals surface area contributed by atoms with Gasteiger partial charge in [0, 0.05) is 23.1 Å². The molecule has 2 aliphatic heterocycles. The SMILES string of the molecule is C#CCN1CC(=O)N2[C@@H](c3ccccc3)C(=O)N(Cc3ccc(Cl)cc3Cl)C[C@@H]2N1C(=O)NCc1ccccc1. The molecule has 0 aromatic heterocycles. The summed E-state index contributed by atoms with van der Waals surface area (Å²) in [5.41, 5.74) is 2.26. The van der Waals surface area contributed by atoms with Crippen molar-refractivity contribution in [2.24, 2.45) is 0 Å². The van der Waals surface area contributed by atoms with Crippen LogP contribution in [0.25, 0.3) is 0 Å². The van der Waals surface area contributed by atoms with Crippen molar-refractivity contribution in [2.45, 2.75) is 25.3 Å². The molecule has 2 aliphatic rings. The number of halogens is 2. The van der Waals surface area contributed by atoms with Gasteiger partial charge in [-0.15, -0.1) is 6.42 Å². The highest BCUT2D eigenvalue weighted by Crippen LogP contribution is 2.36. The maximum absolute atomic E-state index is 14.0. The van der Waals surface area contributed by atoms with Gasteiger partial charge in [0.25, 0.3) is 5.91 Å². The predicted octanol–water partition coefficient (Wildman–Crippen LogP) is 4.31. The number of nitrogens with zero attached hydrogens (tertiary/aromatic N) is 4. The summed E-state index contributed by atoms with van der Waals surface area (Å²) in [7, 11) is 0. The van der Waals surface area contributed by atoms with E-state index < -0.39 is 18.2 Å². The number of nitrogens with one attached hydrogen (secondary N) is 1. The first-order valence-corrected chi connectivity index (χ1v) is 13.5. The van der Waals surface area contributed by atoms with Gasteiger partial charge < -0.3 is 15.1 Å². The quantitative estimate of drug-likeness (QED) is 0.444. The van der Waals surface area contributed by atoms with Gasteiger partial charge in [-0.3, -0.25) is 9.59 Å². The lowest BCUT2D eigenvalue weighted by Gasteiger charge is -2.55. The zero-order chi connectivity index (χ0) is 28.2. The Morgan fingerprint density at radius 2 is 1.70 bits per heavy atom. The van der Waals surface area contributed by atoms with Crippen LogP contribution >= 0.6 is 23.2 Å². The summed E-state index contributed by atoms with van der Waals surface area (Å²) in [5.74, 6) is 1.99. The van der Waals surface area contributed by atoms with Crippen LogP contribution in [-0.4, -0.2) is 63.5 Å². The Morgan fingerprint density at radius 3 is 2.38 bits per heavy atom. The average molecular weight is 576 g/mol. The third-order valence-electron chi connectivity index (χ3n) is 6.98.